The molecule has 0 aliphatic heterocycles. The summed E-state index contributed by atoms with van der Waals surface area (Å²) in [5.74, 6) is -0.204. The van der Waals surface area contributed by atoms with Crippen molar-refractivity contribution in [1.82, 2.24) is 19.3 Å². The second kappa shape index (κ2) is 4.09. The van der Waals surface area contributed by atoms with Gasteiger partial charge in [-0.3, -0.25) is 9.48 Å². The summed E-state index contributed by atoms with van der Waals surface area (Å²) >= 11 is 5.94. The Morgan fingerprint density at radius 3 is 2.88 bits per heavy atom. The summed E-state index contributed by atoms with van der Waals surface area (Å²) in [5, 5.41) is 4.38. The highest BCUT2D eigenvalue weighted by Gasteiger charge is 2.20. The molecule has 2 aromatic heterocycles. The van der Waals surface area contributed by atoms with Crippen molar-refractivity contribution >= 4 is 17.4 Å². The van der Waals surface area contributed by atoms with Crippen LogP contribution in [0.5, 0.6) is 0 Å². The average molecular weight is 239 g/mol. The maximum atomic E-state index is 12.1. The molecule has 0 radical (unpaired) electrons. The zero-order valence-electron chi connectivity index (χ0n) is 9.01. The molecule has 0 aromatic carbocycles. The Morgan fingerprint density at radius 2 is 2.31 bits per heavy atom. The van der Waals surface area contributed by atoms with Gasteiger partial charge in [0.25, 0.3) is 0 Å². The smallest absolute Gasteiger partial charge is 0.232 e. The van der Waals surface area contributed by atoms with Crippen molar-refractivity contribution in [2.45, 2.75) is 13.5 Å². The van der Waals surface area contributed by atoms with Crippen LogP contribution < -0.4 is 0 Å². The van der Waals surface area contributed by atoms with E-state index in [0.717, 1.165) is 0 Å². The van der Waals surface area contributed by atoms with Crippen LogP contribution in [0.3, 0.4) is 0 Å². The molecule has 0 aliphatic carbocycles. The van der Waals surface area contributed by atoms with Gasteiger partial charge in [0, 0.05) is 19.8 Å². The zero-order chi connectivity index (χ0) is 11.7. The number of hydrogen-bond acceptors (Lipinski definition) is 3. The SMILES string of the molecule is CCn1ncc(Cl)c1C(=O)c1cn(C)cn1. The van der Waals surface area contributed by atoms with E-state index >= 15 is 0 Å². The van der Waals surface area contributed by atoms with Gasteiger partial charge in [-0.25, -0.2) is 4.98 Å². The van der Waals surface area contributed by atoms with Crippen molar-refractivity contribution < 1.29 is 4.79 Å². The molecule has 0 bridgehead atoms. The Kier molecular flexibility index (Phi) is 2.78. The van der Waals surface area contributed by atoms with Gasteiger partial charge in [0.1, 0.15) is 11.4 Å². The van der Waals surface area contributed by atoms with Gasteiger partial charge in [0.2, 0.25) is 5.78 Å². The van der Waals surface area contributed by atoms with E-state index in [9.17, 15) is 4.79 Å². The Balaban J connectivity index is 2.44. The van der Waals surface area contributed by atoms with Gasteiger partial charge < -0.3 is 4.57 Å². The van der Waals surface area contributed by atoms with Crippen molar-refractivity contribution in [3.8, 4) is 0 Å². The lowest BCUT2D eigenvalue weighted by Gasteiger charge is -2.01. The predicted octanol–water partition coefficient (Wildman–Crippen LogP) is 1.52. The van der Waals surface area contributed by atoms with E-state index in [1.54, 1.807) is 21.8 Å². The Morgan fingerprint density at radius 1 is 1.56 bits per heavy atom. The van der Waals surface area contributed by atoms with Crippen LogP contribution in [0.15, 0.2) is 18.7 Å². The molecule has 2 aromatic rings. The van der Waals surface area contributed by atoms with E-state index in [2.05, 4.69) is 10.1 Å². The highest BCUT2D eigenvalue weighted by atomic mass is 35.5. The topological polar surface area (TPSA) is 52.7 Å². The zero-order valence-corrected chi connectivity index (χ0v) is 9.77. The van der Waals surface area contributed by atoms with Crippen LogP contribution in [0.25, 0.3) is 0 Å². The highest BCUT2D eigenvalue weighted by Crippen LogP contribution is 2.18. The van der Waals surface area contributed by atoms with Crippen LogP contribution in [0, 0.1) is 0 Å². The number of aryl methyl sites for hydroxylation is 2. The van der Waals surface area contributed by atoms with Gasteiger partial charge in [-0.1, -0.05) is 11.6 Å². The lowest BCUT2D eigenvalue weighted by Crippen LogP contribution is -2.11. The molecule has 16 heavy (non-hydrogen) atoms. The number of ketones is 1. The Bertz CT molecular complexity index is 529. The minimum absolute atomic E-state index is 0.204. The first-order valence-electron chi connectivity index (χ1n) is 4.87. The van der Waals surface area contributed by atoms with Crippen molar-refractivity contribution in [2.75, 3.05) is 0 Å². The number of halogens is 1. The molecule has 0 amide bonds. The molecule has 2 heterocycles. The van der Waals surface area contributed by atoms with Gasteiger partial charge in [-0.15, -0.1) is 0 Å². The predicted molar refractivity (Wildman–Crippen MR) is 59.6 cm³/mol. The molecule has 0 aliphatic rings. The Hall–Kier alpha value is -1.62. The summed E-state index contributed by atoms with van der Waals surface area (Å²) in [7, 11) is 1.81. The number of rotatable bonds is 3. The van der Waals surface area contributed by atoms with Gasteiger partial charge in [-0.05, 0) is 6.92 Å². The lowest BCUT2D eigenvalue weighted by atomic mass is 10.2. The van der Waals surface area contributed by atoms with Crippen LogP contribution >= 0.6 is 11.6 Å². The summed E-state index contributed by atoms with van der Waals surface area (Å²) in [4.78, 5) is 16.1. The average Bonchev–Trinajstić information content (AvgIpc) is 2.83. The van der Waals surface area contributed by atoms with E-state index in [0.29, 0.717) is 23.0 Å². The molecular weight excluding hydrogens is 228 g/mol. The molecule has 0 saturated heterocycles. The first-order chi connectivity index (χ1) is 7.63. The summed E-state index contributed by atoms with van der Waals surface area (Å²) in [5.41, 5.74) is 0.766. The van der Waals surface area contributed by atoms with Crippen LogP contribution in [0.1, 0.15) is 23.1 Å². The van der Waals surface area contributed by atoms with Crippen molar-refractivity contribution in [3.63, 3.8) is 0 Å². The molecule has 0 unspecified atom stereocenters. The van der Waals surface area contributed by atoms with Crippen LogP contribution in [-0.4, -0.2) is 25.1 Å². The van der Waals surface area contributed by atoms with Gasteiger partial charge in [0.05, 0.1) is 17.5 Å². The van der Waals surface area contributed by atoms with Gasteiger partial charge in [-0.2, -0.15) is 5.10 Å². The first-order valence-corrected chi connectivity index (χ1v) is 5.25. The molecule has 0 saturated carbocycles. The van der Waals surface area contributed by atoms with Crippen molar-refractivity contribution in [3.05, 3.63) is 35.1 Å². The Labute approximate surface area is 97.7 Å². The summed E-state index contributed by atoms with van der Waals surface area (Å²) < 4.78 is 3.28. The third-order valence-electron chi connectivity index (χ3n) is 2.25. The summed E-state index contributed by atoms with van der Waals surface area (Å²) in [6.07, 6.45) is 4.71. The molecule has 6 heteroatoms. The number of aromatic nitrogens is 4. The second-order valence-electron chi connectivity index (χ2n) is 3.41. The van der Waals surface area contributed by atoms with E-state index in [1.165, 1.54) is 6.20 Å². The van der Waals surface area contributed by atoms with Crippen molar-refractivity contribution in [2.24, 2.45) is 7.05 Å². The summed E-state index contributed by atoms with van der Waals surface area (Å²) in [6.45, 7) is 2.50. The first kappa shape index (κ1) is 10.9. The fourth-order valence-electron chi connectivity index (χ4n) is 1.48. The maximum Gasteiger partial charge on any atom is 0.232 e. The molecule has 84 valence electrons. The van der Waals surface area contributed by atoms with Gasteiger partial charge >= 0.3 is 0 Å². The third kappa shape index (κ3) is 1.74. The van der Waals surface area contributed by atoms with Crippen molar-refractivity contribution in [1.29, 1.82) is 0 Å². The molecule has 0 N–H and O–H groups in total. The largest absolute Gasteiger partial charge is 0.340 e. The molecule has 0 atom stereocenters. The standard InChI is InChI=1S/C10H11ClN4O/c1-3-15-9(7(11)4-13-15)10(16)8-5-14(2)6-12-8/h4-6H,3H2,1-2H3. The number of nitrogens with zero attached hydrogens (tertiary/aromatic N) is 4. The number of carbonyl (C=O) groups excluding carboxylic acids is 1. The number of imidazole rings is 1. The molecule has 0 spiro atoms. The molecule has 5 nitrogen and oxygen atoms in total. The fraction of sp³-hybridized carbons (Fsp3) is 0.300. The monoisotopic (exact) mass is 238 g/mol. The van der Waals surface area contributed by atoms with E-state index in [1.807, 2.05) is 14.0 Å². The minimum Gasteiger partial charge on any atom is -0.340 e. The van der Waals surface area contributed by atoms with Crippen LogP contribution in [-0.2, 0) is 13.6 Å². The fourth-order valence-corrected chi connectivity index (χ4v) is 1.71. The second-order valence-corrected chi connectivity index (χ2v) is 3.82. The molecule has 2 rings (SSSR count). The third-order valence-corrected chi connectivity index (χ3v) is 2.52. The van der Waals surface area contributed by atoms with Crippen LogP contribution in [0.2, 0.25) is 5.02 Å². The van der Waals surface area contributed by atoms with E-state index in [-0.39, 0.29) is 5.78 Å². The number of hydrogen-bond donors (Lipinski definition) is 0. The van der Waals surface area contributed by atoms with Gasteiger partial charge in [0.15, 0.2) is 0 Å². The van der Waals surface area contributed by atoms with E-state index in [4.69, 9.17) is 11.6 Å². The van der Waals surface area contributed by atoms with E-state index < -0.39 is 0 Å². The normalized spacial score (nSPS) is 10.7. The van der Waals surface area contributed by atoms with Crippen LogP contribution in [0.4, 0.5) is 0 Å². The quantitative estimate of drug-likeness (QED) is 0.762. The lowest BCUT2D eigenvalue weighted by molar-refractivity contribution is 0.102. The number of carbonyl (C=O) groups is 1. The summed E-state index contributed by atoms with van der Waals surface area (Å²) in [6, 6.07) is 0. The molecular formula is C10H11ClN4O. The minimum atomic E-state index is -0.204. The maximum absolute atomic E-state index is 12.1. The highest BCUT2D eigenvalue weighted by molar-refractivity contribution is 6.34. The molecule has 0 fully saturated rings.